The lowest BCUT2D eigenvalue weighted by atomic mass is 9.83. The van der Waals surface area contributed by atoms with Crippen molar-refractivity contribution in [3.05, 3.63) is 124 Å². The van der Waals surface area contributed by atoms with Crippen LogP contribution in [0.15, 0.2) is 96.4 Å². The molecule has 0 amide bonds. The fourth-order valence-corrected chi connectivity index (χ4v) is 4.69. The molecule has 0 aromatic heterocycles. The summed E-state index contributed by atoms with van der Waals surface area (Å²) in [6.07, 6.45) is 0. The fourth-order valence-electron chi connectivity index (χ4n) is 4.69. The molecule has 4 aromatic rings. The number of esters is 1. The van der Waals surface area contributed by atoms with Gasteiger partial charge in [-0.05, 0) is 67.4 Å². The van der Waals surface area contributed by atoms with Gasteiger partial charge in [0.1, 0.15) is 35.5 Å². The largest absolute Gasteiger partial charge is 0.494 e. The van der Waals surface area contributed by atoms with E-state index in [0.717, 1.165) is 11.1 Å². The van der Waals surface area contributed by atoms with Crippen LogP contribution in [0.5, 0.6) is 28.7 Å². The van der Waals surface area contributed by atoms with Crippen LogP contribution < -0.4 is 29.4 Å². The van der Waals surface area contributed by atoms with Gasteiger partial charge in [-0.2, -0.15) is 5.26 Å². The molecule has 1 aliphatic rings. The van der Waals surface area contributed by atoms with Gasteiger partial charge in [-0.3, -0.25) is 0 Å². The normalized spacial score (nSPS) is 13.8. The van der Waals surface area contributed by atoms with Crippen LogP contribution in [-0.4, -0.2) is 19.7 Å². The zero-order chi connectivity index (χ0) is 29.6. The molecule has 0 radical (unpaired) electrons. The molecular weight excluding hydrogens is 532 g/mol. The summed E-state index contributed by atoms with van der Waals surface area (Å²) >= 11 is 0. The van der Waals surface area contributed by atoms with Crippen LogP contribution in [0.25, 0.3) is 0 Å². The molecule has 1 aliphatic heterocycles. The highest BCUT2D eigenvalue weighted by Crippen LogP contribution is 2.45. The Morgan fingerprint density at radius 1 is 0.929 bits per heavy atom. The van der Waals surface area contributed by atoms with Crippen molar-refractivity contribution in [2.75, 3.05) is 13.7 Å². The Hall–Kier alpha value is -5.42. The summed E-state index contributed by atoms with van der Waals surface area (Å²) in [6, 6.07) is 27.5. The quantitative estimate of drug-likeness (QED) is 0.184. The van der Waals surface area contributed by atoms with Crippen LogP contribution in [0, 0.1) is 18.3 Å². The van der Waals surface area contributed by atoms with Crippen molar-refractivity contribution >= 4 is 5.97 Å². The number of nitrogens with two attached hydrogens (primary N) is 1. The minimum absolute atomic E-state index is 0.0244. The maximum atomic E-state index is 12.8. The van der Waals surface area contributed by atoms with Gasteiger partial charge in [0.15, 0.2) is 11.5 Å². The Bertz CT molecular complexity index is 1670. The number of fused-ring (bicyclic) bond motifs is 1. The van der Waals surface area contributed by atoms with Gasteiger partial charge in [-0.1, -0.05) is 42.0 Å². The summed E-state index contributed by atoms with van der Waals surface area (Å²) < 4.78 is 28.5. The maximum absolute atomic E-state index is 12.8. The molecule has 8 nitrogen and oxygen atoms in total. The molecule has 8 heteroatoms. The zero-order valence-corrected chi connectivity index (χ0v) is 23.5. The number of ether oxygens (including phenoxy) is 5. The summed E-state index contributed by atoms with van der Waals surface area (Å²) in [6.45, 7) is 4.84. The summed E-state index contributed by atoms with van der Waals surface area (Å²) in [4.78, 5) is 12.8. The van der Waals surface area contributed by atoms with Crippen LogP contribution in [0.1, 0.15) is 45.5 Å². The number of carbonyl (C=O) groups is 1. The maximum Gasteiger partial charge on any atom is 0.343 e. The highest BCUT2D eigenvalue weighted by molar-refractivity contribution is 5.91. The standard InChI is InChI=1S/C34H30N2O6/c1-4-39-25-12-9-23(10-13-25)34(37)41-26-14-15-27-30(18-26)42-33(36)28(19-35)32(27)24-11-16-29(31(17-24)38-3)40-20-22-7-5-21(2)6-8-22/h5-18,32H,4,20,36H2,1-3H3. The Morgan fingerprint density at radius 3 is 2.36 bits per heavy atom. The second-order valence-corrected chi connectivity index (χ2v) is 9.66. The van der Waals surface area contributed by atoms with E-state index in [1.165, 1.54) is 5.56 Å². The van der Waals surface area contributed by atoms with E-state index in [9.17, 15) is 10.1 Å². The summed E-state index contributed by atoms with van der Waals surface area (Å²) in [5.41, 5.74) is 10.5. The molecule has 0 fully saturated rings. The Kier molecular flexibility index (Phi) is 8.30. The first-order valence-electron chi connectivity index (χ1n) is 13.4. The monoisotopic (exact) mass is 562 g/mol. The van der Waals surface area contributed by atoms with Crippen LogP contribution in [0.2, 0.25) is 0 Å². The third-order valence-electron chi connectivity index (χ3n) is 6.84. The topological polar surface area (TPSA) is 113 Å². The van der Waals surface area contributed by atoms with Crippen LogP contribution in [0.3, 0.4) is 0 Å². The van der Waals surface area contributed by atoms with E-state index in [1.807, 2.05) is 56.3 Å². The molecule has 0 bridgehead atoms. The number of hydrogen-bond acceptors (Lipinski definition) is 8. The minimum atomic E-state index is -0.533. The number of aryl methyl sites for hydroxylation is 1. The van der Waals surface area contributed by atoms with Gasteiger partial charge in [-0.15, -0.1) is 0 Å². The molecule has 5 rings (SSSR count). The predicted octanol–water partition coefficient (Wildman–Crippen LogP) is 6.42. The molecule has 1 unspecified atom stereocenters. The van der Waals surface area contributed by atoms with Crippen molar-refractivity contribution in [2.45, 2.75) is 26.4 Å². The molecule has 0 saturated carbocycles. The Morgan fingerprint density at radius 2 is 1.67 bits per heavy atom. The van der Waals surface area contributed by atoms with Crippen molar-refractivity contribution in [3.63, 3.8) is 0 Å². The van der Waals surface area contributed by atoms with Crippen molar-refractivity contribution in [2.24, 2.45) is 5.73 Å². The molecule has 0 aliphatic carbocycles. The van der Waals surface area contributed by atoms with Crippen molar-refractivity contribution in [3.8, 4) is 34.8 Å². The number of nitriles is 1. The Labute approximate surface area is 244 Å². The zero-order valence-electron chi connectivity index (χ0n) is 23.5. The molecule has 42 heavy (non-hydrogen) atoms. The van der Waals surface area contributed by atoms with E-state index in [-0.39, 0.29) is 17.2 Å². The van der Waals surface area contributed by atoms with E-state index in [0.29, 0.717) is 47.3 Å². The first-order chi connectivity index (χ1) is 20.4. The number of nitrogens with zero attached hydrogens (tertiary/aromatic N) is 1. The van der Waals surface area contributed by atoms with Crippen LogP contribution in [0.4, 0.5) is 0 Å². The SMILES string of the molecule is CCOc1ccc(C(=O)Oc2ccc3c(c2)OC(N)=C(C#N)C3c2ccc(OCc3ccc(C)cc3)c(OC)c2)cc1. The number of rotatable bonds is 9. The van der Waals surface area contributed by atoms with Gasteiger partial charge in [0, 0.05) is 11.6 Å². The van der Waals surface area contributed by atoms with Gasteiger partial charge >= 0.3 is 5.97 Å². The average molecular weight is 563 g/mol. The molecule has 0 spiro atoms. The third-order valence-corrected chi connectivity index (χ3v) is 6.84. The molecule has 1 atom stereocenters. The average Bonchev–Trinajstić information content (AvgIpc) is 3.00. The van der Waals surface area contributed by atoms with Gasteiger partial charge in [-0.25, -0.2) is 4.79 Å². The lowest BCUT2D eigenvalue weighted by Gasteiger charge is -2.27. The van der Waals surface area contributed by atoms with Gasteiger partial charge in [0.05, 0.1) is 25.2 Å². The fraction of sp³-hybridized carbons (Fsp3) is 0.176. The van der Waals surface area contributed by atoms with E-state index in [4.69, 9.17) is 29.4 Å². The van der Waals surface area contributed by atoms with Crippen molar-refractivity contribution in [1.82, 2.24) is 0 Å². The highest BCUT2D eigenvalue weighted by atomic mass is 16.5. The number of benzene rings is 4. The van der Waals surface area contributed by atoms with E-state index in [2.05, 4.69) is 6.07 Å². The summed E-state index contributed by atoms with van der Waals surface area (Å²) in [5, 5.41) is 9.98. The second-order valence-electron chi connectivity index (χ2n) is 9.66. The smallest absolute Gasteiger partial charge is 0.343 e. The third kappa shape index (κ3) is 6.01. The second kappa shape index (κ2) is 12.4. The van der Waals surface area contributed by atoms with Crippen LogP contribution >= 0.6 is 0 Å². The van der Waals surface area contributed by atoms with E-state index < -0.39 is 11.9 Å². The number of hydrogen-bond donors (Lipinski definition) is 1. The number of allylic oxidation sites excluding steroid dienone is 1. The molecule has 4 aromatic carbocycles. The summed E-state index contributed by atoms with van der Waals surface area (Å²) in [5.74, 6) is 1.32. The lowest BCUT2D eigenvalue weighted by molar-refractivity contribution is 0.0734. The lowest BCUT2D eigenvalue weighted by Crippen LogP contribution is -2.21. The van der Waals surface area contributed by atoms with Crippen LogP contribution in [-0.2, 0) is 6.61 Å². The van der Waals surface area contributed by atoms with Gasteiger partial charge < -0.3 is 29.4 Å². The number of methoxy groups -OCH3 is 1. The molecule has 0 saturated heterocycles. The number of carbonyl (C=O) groups excluding carboxylic acids is 1. The highest BCUT2D eigenvalue weighted by Gasteiger charge is 2.32. The van der Waals surface area contributed by atoms with Gasteiger partial charge in [0.25, 0.3) is 0 Å². The van der Waals surface area contributed by atoms with E-state index >= 15 is 0 Å². The molecule has 2 N–H and O–H groups in total. The Balaban J connectivity index is 1.40. The minimum Gasteiger partial charge on any atom is -0.494 e. The first-order valence-corrected chi connectivity index (χ1v) is 13.4. The van der Waals surface area contributed by atoms with E-state index in [1.54, 1.807) is 49.6 Å². The van der Waals surface area contributed by atoms with Crippen molar-refractivity contribution < 1.29 is 28.5 Å². The predicted molar refractivity (Wildman–Crippen MR) is 157 cm³/mol. The molecule has 212 valence electrons. The van der Waals surface area contributed by atoms with Crippen molar-refractivity contribution in [1.29, 1.82) is 5.26 Å². The first kappa shape index (κ1) is 28.1. The van der Waals surface area contributed by atoms with Gasteiger partial charge in [0.2, 0.25) is 5.88 Å². The molecular formula is C34H30N2O6. The molecule has 1 heterocycles. The summed E-state index contributed by atoms with van der Waals surface area (Å²) in [7, 11) is 1.57.